The van der Waals surface area contributed by atoms with Crippen LogP contribution in [0.5, 0.6) is 0 Å². The van der Waals surface area contributed by atoms with Gasteiger partial charge in [0.05, 0.1) is 0 Å². The number of benzene rings is 2. The standard InChI is InChI=1S/C25H26O3/c1-24(2)12-13-25(3,4)21-14-16(8-10-20(21)24)18-6-5-7-22-19(18)15-17(28-22)9-11-23(26)27/h5-11,14-15H,12-13H2,1-4H3,(H,26,27). The minimum atomic E-state index is -0.986. The fraction of sp³-hybridized carbons (Fsp3) is 0.320. The zero-order valence-electron chi connectivity index (χ0n) is 16.9. The molecule has 144 valence electrons. The SMILES string of the molecule is CC1(C)CCC(C)(C)c2cc(-c3cccc4oc(C=CC(=O)O)cc34)ccc21. The minimum absolute atomic E-state index is 0.153. The van der Waals surface area contributed by atoms with E-state index in [-0.39, 0.29) is 10.8 Å². The molecule has 1 N–H and O–H groups in total. The highest BCUT2D eigenvalue weighted by Gasteiger charge is 2.37. The van der Waals surface area contributed by atoms with Crippen molar-refractivity contribution in [2.45, 2.75) is 51.4 Å². The second-order valence-corrected chi connectivity index (χ2v) is 9.07. The van der Waals surface area contributed by atoms with E-state index in [1.54, 1.807) is 0 Å². The Morgan fingerprint density at radius 1 is 1.00 bits per heavy atom. The molecule has 0 atom stereocenters. The number of carbonyl (C=O) groups is 1. The molecule has 3 aromatic rings. The summed E-state index contributed by atoms with van der Waals surface area (Å²) in [6.07, 6.45) is 4.96. The van der Waals surface area contributed by atoms with E-state index in [2.05, 4.69) is 52.0 Å². The normalized spacial score (nSPS) is 17.7. The van der Waals surface area contributed by atoms with Crippen molar-refractivity contribution in [1.29, 1.82) is 0 Å². The van der Waals surface area contributed by atoms with Gasteiger partial charge in [-0.15, -0.1) is 0 Å². The van der Waals surface area contributed by atoms with Gasteiger partial charge in [0.15, 0.2) is 0 Å². The van der Waals surface area contributed by atoms with Gasteiger partial charge in [0, 0.05) is 11.5 Å². The van der Waals surface area contributed by atoms with Crippen molar-refractivity contribution in [2.75, 3.05) is 0 Å². The van der Waals surface area contributed by atoms with Gasteiger partial charge in [-0.05, 0) is 64.1 Å². The average molecular weight is 374 g/mol. The molecule has 0 bridgehead atoms. The number of carboxylic acid groups (broad SMARTS) is 1. The lowest BCUT2D eigenvalue weighted by Gasteiger charge is -2.42. The zero-order valence-corrected chi connectivity index (χ0v) is 16.9. The molecule has 0 fully saturated rings. The largest absolute Gasteiger partial charge is 0.478 e. The molecule has 3 nitrogen and oxygen atoms in total. The number of fused-ring (bicyclic) bond motifs is 2. The molecule has 0 saturated heterocycles. The molecule has 1 aromatic heterocycles. The summed E-state index contributed by atoms with van der Waals surface area (Å²) in [5.74, 6) is -0.440. The highest BCUT2D eigenvalue weighted by Crippen LogP contribution is 2.47. The molecule has 1 aliphatic rings. The van der Waals surface area contributed by atoms with Crippen molar-refractivity contribution >= 4 is 23.0 Å². The van der Waals surface area contributed by atoms with Gasteiger partial charge in [-0.25, -0.2) is 4.79 Å². The molecule has 1 aliphatic carbocycles. The molecule has 1 heterocycles. The summed E-state index contributed by atoms with van der Waals surface area (Å²) in [5, 5.41) is 9.86. The van der Waals surface area contributed by atoms with Crippen LogP contribution >= 0.6 is 0 Å². The molecule has 0 spiro atoms. The first-order chi connectivity index (χ1) is 13.2. The molecular weight excluding hydrogens is 348 g/mol. The first-order valence-corrected chi connectivity index (χ1v) is 9.76. The van der Waals surface area contributed by atoms with Crippen LogP contribution < -0.4 is 0 Å². The third kappa shape index (κ3) is 3.15. The fourth-order valence-electron chi connectivity index (χ4n) is 4.32. The molecular formula is C25H26O3. The van der Waals surface area contributed by atoms with Gasteiger partial charge in [0.2, 0.25) is 0 Å². The average Bonchev–Trinajstić information content (AvgIpc) is 3.07. The number of hydrogen-bond acceptors (Lipinski definition) is 2. The summed E-state index contributed by atoms with van der Waals surface area (Å²) >= 11 is 0. The number of hydrogen-bond donors (Lipinski definition) is 1. The van der Waals surface area contributed by atoms with Crippen LogP contribution in [0.15, 0.2) is 53.0 Å². The molecule has 0 aliphatic heterocycles. The van der Waals surface area contributed by atoms with Gasteiger partial charge in [-0.2, -0.15) is 0 Å². The van der Waals surface area contributed by atoms with Crippen LogP contribution in [0.4, 0.5) is 0 Å². The van der Waals surface area contributed by atoms with Gasteiger partial charge in [-0.1, -0.05) is 58.0 Å². The molecule has 0 amide bonds. The Kier molecular flexibility index (Phi) is 4.22. The summed E-state index contributed by atoms with van der Waals surface area (Å²) < 4.78 is 5.82. The van der Waals surface area contributed by atoms with Crippen LogP contribution in [0.3, 0.4) is 0 Å². The molecule has 3 heteroatoms. The van der Waals surface area contributed by atoms with Gasteiger partial charge < -0.3 is 9.52 Å². The Morgan fingerprint density at radius 2 is 1.71 bits per heavy atom. The summed E-state index contributed by atoms with van der Waals surface area (Å²) in [5.41, 5.74) is 6.26. The first kappa shape index (κ1) is 18.5. The Hall–Kier alpha value is -2.81. The maximum atomic E-state index is 10.8. The van der Waals surface area contributed by atoms with Crippen molar-refractivity contribution in [3.05, 3.63) is 65.4 Å². The molecule has 0 radical (unpaired) electrons. The van der Waals surface area contributed by atoms with Gasteiger partial charge in [-0.3, -0.25) is 0 Å². The van der Waals surface area contributed by atoms with Crippen LogP contribution in [-0.4, -0.2) is 11.1 Å². The van der Waals surface area contributed by atoms with Crippen LogP contribution in [0.1, 0.15) is 57.4 Å². The van der Waals surface area contributed by atoms with Crippen LogP contribution in [0.25, 0.3) is 28.2 Å². The van der Waals surface area contributed by atoms with Crippen LogP contribution in [-0.2, 0) is 15.6 Å². The third-order valence-electron chi connectivity index (χ3n) is 6.13. The lowest BCUT2D eigenvalue weighted by atomic mass is 9.63. The Bertz CT molecular complexity index is 1100. The van der Waals surface area contributed by atoms with Crippen molar-refractivity contribution in [2.24, 2.45) is 0 Å². The fourth-order valence-corrected chi connectivity index (χ4v) is 4.32. The lowest BCUT2D eigenvalue weighted by molar-refractivity contribution is -0.131. The smallest absolute Gasteiger partial charge is 0.328 e. The molecule has 0 unspecified atom stereocenters. The number of aliphatic carboxylic acids is 1. The van der Waals surface area contributed by atoms with E-state index < -0.39 is 5.97 Å². The third-order valence-corrected chi connectivity index (χ3v) is 6.13. The zero-order chi connectivity index (χ0) is 20.1. The number of furan rings is 1. The van der Waals surface area contributed by atoms with E-state index in [0.29, 0.717) is 5.76 Å². The van der Waals surface area contributed by atoms with E-state index in [9.17, 15) is 4.79 Å². The highest BCUT2D eigenvalue weighted by atomic mass is 16.4. The Labute approximate surface area is 165 Å². The van der Waals surface area contributed by atoms with E-state index in [0.717, 1.165) is 22.6 Å². The van der Waals surface area contributed by atoms with Gasteiger partial charge >= 0.3 is 5.97 Å². The van der Waals surface area contributed by atoms with Crippen molar-refractivity contribution < 1.29 is 14.3 Å². The number of rotatable bonds is 3. The molecule has 4 rings (SSSR count). The van der Waals surface area contributed by atoms with E-state index in [1.165, 1.54) is 35.6 Å². The maximum absolute atomic E-state index is 10.8. The van der Waals surface area contributed by atoms with Crippen LogP contribution in [0, 0.1) is 0 Å². The minimum Gasteiger partial charge on any atom is -0.478 e. The highest BCUT2D eigenvalue weighted by molar-refractivity contribution is 5.96. The predicted molar refractivity (Wildman–Crippen MR) is 114 cm³/mol. The summed E-state index contributed by atoms with van der Waals surface area (Å²) in [7, 11) is 0. The summed E-state index contributed by atoms with van der Waals surface area (Å²) in [6, 6.07) is 14.8. The van der Waals surface area contributed by atoms with Crippen molar-refractivity contribution in [3.63, 3.8) is 0 Å². The second-order valence-electron chi connectivity index (χ2n) is 9.07. The Balaban J connectivity index is 1.86. The quantitative estimate of drug-likeness (QED) is 0.529. The predicted octanol–water partition coefficient (Wildman–Crippen LogP) is 6.55. The summed E-state index contributed by atoms with van der Waals surface area (Å²) in [6.45, 7) is 9.33. The maximum Gasteiger partial charge on any atom is 0.328 e. The molecule has 0 saturated carbocycles. The second kappa shape index (κ2) is 6.37. The van der Waals surface area contributed by atoms with E-state index >= 15 is 0 Å². The van der Waals surface area contributed by atoms with Gasteiger partial charge in [0.1, 0.15) is 11.3 Å². The lowest BCUT2D eigenvalue weighted by Crippen LogP contribution is -2.33. The van der Waals surface area contributed by atoms with E-state index in [1.807, 2.05) is 18.2 Å². The number of carboxylic acids is 1. The van der Waals surface area contributed by atoms with Gasteiger partial charge in [0.25, 0.3) is 0 Å². The Morgan fingerprint density at radius 3 is 2.43 bits per heavy atom. The van der Waals surface area contributed by atoms with Crippen molar-refractivity contribution in [3.8, 4) is 11.1 Å². The van der Waals surface area contributed by atoms with E-state index in [4.69, 9.17) is 9.52 Å². The molecule has 2 aromatic carbocycles. The van der Waals surface area contributed by atoms with Crippen molar-refractivity contribution in [1.82, 2.24) is 0 Å². The first-order valence-electron chi connectivity index (χ1n) is 9.76. The topological polar surface area (TPSA) is 50.4 Å². The van der Waals surface area contributed by atoms with Crippen LogP contribution in [0.2, 0.25) is 0 Å². The monoisotopic (exact) mass is 374 g/mol. The molecule has 28 heavy (non-hydrogen) atoms. The summed E-state index contributed by atoms with van der Waals surface area (Å²) in [4.78, 5) is 10.8.